The molecule has 0 aliphatic carbocycles. The summed E-state index contributed by atoms with van der Waals surface area (Å²) in [5, 5.41) is 9.86. The van der Waals surface area contributed by atoms with Crippen molar-refractivity contribution in [2.75, 3.05) is 13.1 Å². The Morgan fingerprint density at radius 2 is 2.19 bits per heavy atom. The average Bonchev–Trinajstić information content (AvgIpc) is 2.29. The normalized spacial score (nSPS) is 17.5. The van der Waals surface area contributed by atoms with Crippen LogP contribution in [0.15, 0.2) is 18.3 Å². The molecule has 5 heteroatoms. The Hall–Kier alpha value is -1.13. The van der Waals surface area contributed by atoms with Crippen molar-refractivity contribution in [3.8, 4) is 0 Å². The van der Waals surface area contributed by atoms with E-state index in [1.54, 1.807) is 17.0 Å². The van der Waals surface area contributed by atoms with Crippen molar-refractivity contribution in [1.29, 1.82) is 0 Å². The van der Waals surface area contributed by atoms with Gasteiger partial charge in [0.25, 0.3) is 5.91 Å². The number of aliphatic hydroxyl groups is 1. The third kappa shape index (κ3) is 2.51. The third-order valence-corrected chi connectivity index (χ3v) is 2.93. The molecule has 0 atom stereocenters. The van der Waals surface area contributed by atoms with E-state index in [-0.39, 0.29) is 12.0 Å². The van der Waals surface area contributed by atoms with E-state index < -0.39 is 0 Å². The number of aliphatic hydroxyl groups excluding tert-OH is 1. The van der Waals surface area contributed by atoms with Crippen LogP contribution in [0.5, 0.6) is 0 Å². The van der Waals surface area contributed by atoms with Gasteiger partial charge < -0.3 is 10.0 Å². The second-order valence-electron chi connectivity index (χ2n) is 3.88. The zero-order chi connectivity index (χ0) is 11.5. The fourth-order valence-electron chi connectivity index (χ4n) is 1.75. The molecule has 1 saturated heterocycles. The zero-order valence-corrected chi connectivity index (χ0v) is 9.52. The maximum atomic E-state index is 12.0. The van der Waals surface area contributed by atoms with Crippen molar-refractivity contribution in [3.63, 3.8) is 0 Å². The highest BCUT2D eigenvalue weighted by Crippen LogP contribution is 2.14. The first-order valence-electron chi connectivity index (χ1n) is 5.26. The van der Waals surface area contributed by atoms with Gasteiger partial charge in [-0.2, -0.15) is 0 Å². The van der Waals surface area contributed by atoms with E-state index in [2.05, 4.69) is 4.98 Å². The van der Waals surface area contributed by atoms with Crippen LogP contribution in [0.3, 0.4) is 0 Å². The lowest BCUT2D eigenvalue weighted by Crippen LogP contribution is -2.40. The molecule has 2 rings (SSSR count). The van der Waals surface area contributed by atoms with Crippen LogP contribution in [0.2, 0.25) is 5.02 Å². The van der Waals surface area contributed by atoms with E-state index in [4.69, 9.17) is 11.6 Å². The summed E-state index contributed by atoms with van der Waals surface area (Å²) in [6, 6.07) is 3.20. The van der Waals surface area contributed by atoms with Gasteiger partial charge in [-0.15, -0.1) is 0 Å². The highest BCUT2D eigenvalue weighted by Gasteiger charge is 2.22. The van der Waals surface area contributed by atoms with Gasteiger partial charge in [-0.25, -0.2) is 0 Å². The molecule has 0 bridgehead atoms. The third-order valence-electron chi connectivity index (χ3n) is 2.69. The standard InChI is InChI=1S/C11H13ClN2O2/c12-8-1-4-13-10(7-8)11(16)14-5-2-9(15)3-6-14/h1,4,7,9,15H,2-3,5-6H2. The lowest BCUT2D eigenvalue weighted by Gasteiger charge is -2.29. The van der Waals surface area contributed by atoms with Crippen molar-refractivity contribution in [2.24, 2.45) is 0 Å². The fraction of sp³-hybridized carbons (Fsp3) is 0.455. The van der Waals surface area contributed by atoms with Crippen LogP contribution >= 0.6 is 11.6 Å². The first-order valence-corrected chi connectivity index (χ1v) is 5.63. The highest BCUT2D eigenvalue weighted by molar-refractivity contribution is 6.30. The van der Waals surface area contributed by atoms with Crippen LogP contribution in [-0.2, 0) is 0 Å². The number of likely N-dealkylation sites (tertiary alicyclic amines) is 1. The monoisotopic (exact) mass is 240 g/mol. The molecule has 0 saturated carbocycles. The molecule has 1 fully saturated rings. The molecule has 16 heavy (non-hydrogen) atoms. The zero-order valence-electron chi connectivity index (χ0n) is 8.77. The first kappa shape index (κ1) is 11.4. The Bertz CT molecular complexity index is 389. The van der Waals surface area contributed by atoms with Crippen molar-refractivity contribution < 1.29 is 9.90 Å². The second-order valence-corrected chi connectivity index (χ2v) is 4.32. The quantitative estimate of drug-likeness (QED) is 0.806. The minimum atomic E-state index is -0.281. The van der Waals surface area contributed by atoms with Gasteiger partial charge in [0, 0.05) is 24.3 Å². The number of halogens is 1. The topological polar surface area (TPSA) is 53.4 Å². The van der Waals surface area contributed by atoms with Gasteiger partial charge in [-0.1, -0.05) is 11.6 Å². The minimum absolute atomic E-state index is 0.116. The highest BCUT2D eigenvalue weighted by atomic mass is 35.5. The molecular formula is C11H13ClN2O2. The summed E-state index contributed by atoms with van der Waals surface area (Å²) in [5.74, 6) is -0.116. The number of carbonyl (C=O) groups excluding carboxylic acids is 1. The van der Waals surface area contributed by atoms with E-state index in [0.717, 1.165) is 0 Å². The molecule has 0 unspecified atom stereocenters. The van der Waals surface area contributed by atoms with Gasteiger partial charge in [-0.3, -0.25) is 9.78 Å². The van der Waals surface area contributed by atoms with Crippen LogP contribution in [0, 0.1) is 0 Å². The molecule has 4 nitrogen and oxygen atoms in total. The summed E-state index contributed by atoms with van der Waals surface area (Å²) in [5.41, 5.74) is 0.365. The molecule has 0 aromatic carbocycles. The van der Waals surface area contributed by atoms with E-state index in [1.807, 2.05) is 0 Å². The maximum absolute atomic E-state index is 12.0. The van der Waals surface area contributed by atoms with Crippen molar-refractivity contribution in [2.45, 2.75) is 18.9 Å². The van der Waals surface area contributed by atoms with E-state index in [1.165, 1.54) is 6.20 Å². The summed E-state index contributed by atoms with van der Waals surface area (Å²) in [6.45, 7) is 1.16. The molecule has 1 aliphatic rings. The molecule has 1 aromatic heterocycles. The first-order chi connectivity index (χ1) is 7.66. The van der Waals surface area contributed by atoms with Gasteiger partial charge in [0.15, 0.2) is 0 Å². The molecule has 1 aromatic rings. The number of nitrogens with zero attached hydrogens (tertiary/aromatic N) is 2. The molecule has 1 amide bonds. The number of carbonyl (C=O) groups is 1. The lowest BCUT2D eigenvalue weighted by molar-refractivity contribution is 0.0541. The van der Waals surface area contributed by atoms with Crippen LogP contribution < -0.4 is 0 Å². The number of hydrogen-bond acceptors (Lipinski definition) is 3. The number of amides is 1. The predicted molar refractivity (Wildman–Crippen MR) is 60.4 cm³/mol. The van der Waals surface area contributed by atoms with Crippen molar-refractivity contribution in [1.82, 2.24) is 9.88 Å². The van der Waals surface area contributed by atoms with Gasteiger partial charge in [0.1, 0.15) is 5.69 Å². The van der Waals surface area contributed by atoms with Crippen LogP contribution in [0.1, 0.15) is 23.3 Å². The van der Waals surface area contributed by atoms with E-state index >= 15 is 0 Å². The predicted octanol–water partition coefficient (Wildman–Crippen LogP) is 1.33. The largest absolute Gasteiger partial charge is 0.393 e. The number of pyridine rings is 1. The van der Waals surface area contributed by atoms with Gasteiger partial charge in [0.2, 0.25) is 0 Å². The number of aromatic nitrogens is 1. The molecular weight excluding hydrogens is 228 g/mol. The molecule has 0 spiro atoms. The minimum Gasteiger partial charge on any atom is -0.393 e. The van der Waals surface area contributed by atoms with Crippen LogP contribution in [0.25, 0.3) is 0 Å². The van der Waals surface area contributed by atoms with E-state index in [9.17, 15) is 9.90 Å². The molecule has 1 N–H and O–H groups in total. The number of rotatable bonds is 1. The Morgan fingerprint density at radius 1 is 1.50 bits per heavy atom. The van der Waals surface area contributed by atoms with E-state index in [0.29, 0.717) is 36.6 Å². The Kier molecular flexibility index (Phi) is 3.41. The van der Waals surface area contributed by atoms with Gasteiger partial charge in [-0.05, 0) is 25.0 Å². The number of piperidine rings is 1. The fourth-order valence-corrected chi connectivity index (χ4v) is 1.91. The van der Waals surface area contributed by atoms with Crippen molar-refractivity contribution >= 4 is 17.5 Å². The molecule has 0 radical (unpaired) electrons. The van der Waals surface area contributed by atoms with Crippen LogP contribution in [-0.4, -0.2) is 40.1 Å². The average molecular weight is 241 g/mol. The Morgan fingerprint density at radius 3 is 2.81 bits per heavy atom. The second kappa shape index (κ2) is 4.80. The maximum Gasteiger partial charge on any atom is 0.272 e. The lowest BCUT2D eigenvalue weighted by atomic mass is 10.1. The Labute approximate surface area is 98.9 Å². The molecule has 1 aliphatic heterocycles. The van der Waals surface area contributed by atoms with Gasteiger partial charge >= 0.3 is 0 Å². The molecule has 86 valence electrons. The summed E-state index contributed by atoms with van der Waals surface area (Å²) in [4.78, 5) is 17.7. The summed E-state index contributed by atoms with van der Waals surface area (Å²) >= 11 is 5.80. The van der Waals surface area contributed by atoms with Crippen LogP contribution in [0.4, 0.5) is 0 Å². The summed E-state index contributed by atoms with van der Waals surface area (Å²) in [6.07, 6.45) is 2.50. The summed E-state index contributed by atoms with van der Waals surface area (Å²) < 4.78 is 0. The number of hydrogen-bond donors (Lipinski definition) is 1. The smallest absolute Gasteiger partial charge is 0.272 e. The molecule has 2 heterocycles. The van der Waals surface area contributed by atoms with Gasteiger partial charge in [0.05, 0.1) is 6.10 Å². The van der Waals surface area contributed by atoms with Crippen molar-refractivity contribution in [3.05, 3.63) is 29.0 Å². The Balaban J connectivity index is 2.08. The SMILES string of the molecule is O=C(c1cc(Cl)ccn1)N1CCC(O)CC1. The summed E-state index contributed by atoms with van der Waals surface area (Å²) in [7, 11) is 0.